The molecule has 130 valence electrons. The minimum atomic E-state index is -0.383. The first-order valence-corrected chi connectivity index (χ1v) is 8.33. The van der Waals surface area contributed by atoms with Gasteiger partial charge in [0.1, 0.15) is 12.4 Å². The van der Waals surface area contributed by atoms with Crippen molar-refractivity contribution >= 4 is 17.6 Å². The normalized spacial score (nSPS) is 16.1. The molecule has 1 unspecified atom stereocenters. The number of anilines is 1. The smallest absolute Gasteiger partial charge is 0.308 e. The van der Waals surface area contributed by atoms with E-state index in [1.165, 1.54) is 0 Å². The van der Waals surface area contributed by atoms with Crippen LogP contribution in [0.1, 0.15) is 25.5 Å². The van der Waals surface area contributed by atoms with Gasteiger partial charge in [0.2, 0.25) is 0 Å². The minimum Gasteiger partial charge on any atom is -0.489 e. The summed E-state index contributed by atoms with van der Waals surface area (Å²) in [5.74, 6) is -0.266. The molecule has 1 aliphatic rings. The molecule has 0 saturated heterocycles. The average Bonchev–Trinajstić information content (AvgIpc) is 2.65. The Morgan fingerprint density at radius 1 is 1.12 bits per heavy atom. The topological polar surface area (TPSA) is 55.8 Å². The lowest BCUT2D eigenvalue weighted by molar-refractivity contribution is -0.151. The van der Waals surface area contributed by atoms with E-state index in [4.69, 9.17) is 9.47 Å². The Bertz CT molecular complexity index is 757. The number of ether oxygens (including phenoxy) is 2. The molecule has 0 fully saturated rings. The third-order valence-corrected chi connectivity index (χ3v) is 4.10. The van der Waals surface area contributed by atoms with E-state index in [1.807, 2.05) is 54.6 Å². The molecule has 0 bridgehead atoms. The second-order valence-corrected chi connectivity index (χ2v) is 6.23. The van der Waals surface area contributed by atoms with Gasteiger partial charge in [-0.25, -0.2) is 0 Å². The highest BCUT2D eigenvalue weighted by Gasteiger charge is 2.33. The van der Waals surface area contributed by atoms with Crippen molar-refractivity contribution in [2.75, 3.05) is 18.1 Å². The van der Waals surface area contributed by atoms with E-state index in [-0.39, 0.29) is 30.4 Å². The second kappa shape index (κ2) is 7.38. The standard InChI is InChI=1S/C20H21NO4/c1-14(2)20(23)25-13-19(22)21-16-10-6-7-11-18(16)24-12-17(21)15-8-4-3-5-9-15/h3-11,14,17H,12-13H2,1-2H3. The van der Waals surface area contributed by atoms with Gasteiger partial charge < -0.3 is 9.47 Å². The zero-order chi connectivity index (χ0) is 17.8. The lowest BCUT2D eigenvalue weighted by atomic mass is 10.0. The molecule has 0 N–H and O–H groups in total. The average molecular weight is 339 g/mol. The van der Waals surface area contributed by atoms with E-state index < -0.39 is 0 Å². The van der Waals surface area contributed by atoms with Crippen LogP contribution in [0.5, 0.6) is 5.75 Å². The van der Waals surface area contributed by atoms with Crippen LogP contribution in [0.4, 0.5) is 5.69 Å². The third-order valence-electron chi connectivity index (χ3n) is 4.10. The van der Waals surface area contributed by atoms with Crippen molar-refractivity contribution in [3.8, 4) is 5.75 Å². The van der Waals surface area contributed by atoms with E-state index in [1.54, 1.807) is 18.7 Å². The molecule has 1 heterocycles. The van der Waals surface area contributed by atoms with Crippen LogP contribution in [0, 0.1) is 5.92 Å². The molecule has 5 nitrogen and oxygen atoms in total. The Hall–Kier alpha value is -2.82. The number of esters is 1. The molecule has 5 heteroatoms. The van der Waals surface area contributed by atoms with Crippen molar-refractivity contribution < 1.29 is 19.1 Å². The first kappa shape index (κ1) is 17.0. The third kappa shape index (κ3) is 3.65. The van der Waals surface area contributed by atoms with Gasteiger partial charge in [0.05, 0.1) is 17.6 Å². The summed E-state index contributed by atoms with van der Waals surface area (Å²) in [7, 11) is 0. The maximum Gasteiger partial charge on any atom is 0.308 e. The Balaban J connectivity index is 1.89. The SMILES string of the molecule is CC(C)C(=O)OCC(=O)N1c2ccccc2OCC1c1ccccc1. The van der Waals surface area contributed by atoms with E-state index in [9.17, 15) is 9.59 Å². The first-order chi connectivity index (χ1) is 12.1. The molecule has 1 aliphatic heterocycles. The van der Waals surface area contributed by atoms with Gasteiger partial charge in [-0.2, -0.15) is 0 Å². The van der Waals surface area contributed by atoms with Gasteiger partial charge in [0, 0.05) is 0 Å². The van der Waals surface area contributed by atoms with E-state index in [0.29, 0.717) is 18.0 Å². The number of hydrogen-bond donors (Lipinski definition) is 0. The Morgan fingerprint density at radius 3 is 2.52 bits per heavy atom. The lowest BCUT2D eigenvalue weighted by Gasteiger charge is -2.37. The summed E-state index contributed by atoms with van der Waals surface area (Å²) in [6.45, 7) is 3.55. The van der Waals surface area contributed by atoms with Crippen molar-refractivity contribution in [3.05, 3.63) is 60.2 Å². The van der Waals surface area contributed by atoms with E-state index >= 15 is 0 Å². The fourth-order valence-electron chi connectivity index (χ4n) is 2.79. The number of rotatable bonds is 4. The summed E-state index contributed by atoms with van der Waals surface area (Å²) >= 11 is 0. The molecule has 1 amide bonds. The molecule has 0 aliphatic carbocycles. The molecule has 0 spiro atoms. The number of amides is 1. The summed E-state index contributed by atoms with van der Waals surface area (Å²) in [6, 6.07) is 16.8. The molecule has 3 rings (SSSR count). The van der Waals surface area contributed by atoms with Crippen LogP contribution in [-0.4, -0.2) is 25.1 Å². The molecule has 0 saturated carbocycles. The first-order valence-electron chi connectivity index (χ1n) is 8.33. The highest BCUT2D eigenvalue weighted by atomic mass is 16.5. The lowest BCUT2D eigenvalue weighted by Crippen LogP contribution is -2.43. The van der Waals surface area contributed by atoms with Crippen LogP contribution < -0.4 is 9.64 Å². The van der Waals surface area contributed by atoms with Crippen molar-refractivity contribution in [1.82, 2.24) is 0 Å². The molecule has 2 aromatic rings. The number of nitrogens with zero attached hydrogens (tertiary/aromatic N) is 1. The van der Waals surface area contributed by atoms with Crippen molar-refractivity contribution in [2.24, 2.45) is 5.92 Å². The Labute approximate surface area is 147 Å². The van der Waals surface area contributed by atoms with Crippen LogP contribution >= 0.6 is 0 Å². The summed E-state index contributed by atoms with van der Waals surface area (Å²) < 4.78 is 11.0. The molecule has 25 heavy (non-hydrogen) atoms. The monoisotopic (exact) mass is 339 g/mol. The fourth-order valence-corrected chi connectivity index (χ4v) is 2.79. The number of hydrogen-bond acceptors (Lipinski definition) is 4. The number of carbonyl (C=O) groups is 2. The van der Waals surface area contributed by atoms with Crippen LogP contribution in [-0.2, 0) is 14.3 Å². The van der Waals surface area contributed by atoms with E-state index in [0.717, 1.165) is 5.56 Å². The van der Waals surface area contributed by atoms with Crippen molar-refractivity contribution in [1.29, 1.82) is 0 Å². The maximum atomic E-state index is 12.9. The molecule has 0 aromatic heterocycles. The highest BCUT2D eigenvalue weighted by Crippen LogP contribution is 2.39. The number of para-hydroxylation sites is 2. The zero-order valence-electron chi connectivity index (χ0n) is 14.3. The van der Waals surface area contributed by atoms with Gasteiger partial charge in [-0.3, -0.25) is 14.5 Å². The Kier molecular flexibility index (Phi) is 5.03. The number of benzene rings is 2. The zero-order valence-corrected chi connectivity index (χ0v) is 14.3. The number of carbonyl (C=O) groups excluding carboxylic acids is 2. The Morgan fingerprint density at radius 2 is 1.80 bits per heavy atom. The van der Waals surface area contributed by atoms with Gasteiger partial charge in [-0.05, 0) is 17.7 Å². The van der Waals surface area contributed by atoms with Gasteiger partial charge in [-0.15, -0.1) is 0 Å². The predicted molar refractivity (Wildman–Crippen MR) is 94.4 cm³/mol. The van der Waals surface area contributed by atoms with Crippen LogP contribution in [0.3, 0.4) is 0 Å². The quantitative estimate of drug-likeness (QED) is 0.802. The van der Waals surface area contributed by atoms with Gasteiger partial charge in [-0.1, -0.05) is 56.3 Å². The molecule has 1 atom stereocenters. The fraction of sp³-hybridized carbons (Fsp3) is 0.300. The highest BCUT2D eigenvalue weighted by molar-refractivity contribution is 5.97. The van der Waals surface area contributed by atoms with Crippen molar-refractivity contribution in [2.45, 2.75) is 19.9 Å². The number of fused-ring (bicyclic) bond motifs is 1. The van der Waals surface area contributed by atoms with Crippen LogP contribution in [0.15, 0.2) is 54.6 Å². The van der Waals surface area contributed by atoms with Gasteiger partial charge >= 0.3 is 5.97 Å². The summed E-state index contributed by atoms with van der Waals surface area (Å²) in [5.41, 5.74) is 1.66. The molecule has 2 aromatic carbocycles. The van der Waals surface area contributed by atoms with Gasteiger partial charge in [0.15, 0.2) is 6.61 Å². The van der Waals surface area contributed by atoms with Gasteiger partial charge in [0.25, 0.3) is 5.91 Å². The van der Waals surface area contributed by atoms with Crippen molar-refractivity contribution in [3.63, 3.8) is 0 Å². The summed E-state index contributed by atoms with van der Waals surface area (Å²) in [6.07, 6.45) is 0. The molecular formula is C20H21NO4. The summed E-state index contributed by atoms with van der Waals surface area (Å²) in [5, 5.41) is 0. The largest absolute Gasteiger partial charge is 0.489 e. The second-order valence-electron chi connectivity index (χ2n) is 6.23. The van der Waals surface area contributed by atoms with Crippen LogP contribution in [0.25, 0.3) is 0 Å². The van der Waals surface area contributed by atoms with Crippen LogP contribution in [0.2, 0.25) is 0 Å². The minimum absolute atomic E-state index is 0.263. The van der Waals surface area contributed by atoms with E-state index in [2.05, 4.69) is 0 Å². The predicted octanol–water partition coefficient (Wildman–Crippen LogP) is 3.35. The molecular weight excluding hydrogens is 318 g/mol. The summed E-state index contributed by atoms with van der Waals surface area (Å²) in [4.78, 5) is 26.2. The maximum absolute atomic E-state index is 12.9. The molecule has 0 radical (unpaired) electrons.